The van der Waals surface area contributed by atoms with Crippen LogP contribution in [0.4, 0.5) is 5.82 Å². The van der Waals surface area contributed by atoms with E-state index >= 15 is 0 Å². The Kier molecular flexibility index (Phi) is 4.46. The number of hydrogen-bond donors (Lipinski definition) is 2. The number of aliphatic hydroxyl groups excluding tert-OH is 1. The van der Waals surface area contributed by atoms with E-state index in [9.17, 15) is 5.11 Å². The molecule has 1 aliphatic carbocycles. The SMILES string of the molecule is Cc1cnc(C#N)nc1N[C@@H]1CC(Cn2cc(Cl)cn2)C[C@H]1O. The van der Waals surface area contributed by atoms with Gasteiger partial charge in [-0.1, -0.05) is 11.6 Å². The molecule has 0 spiro atoms. The van der Waals surface area contributed by atoms with Gasteiger partial charge in [0.25, 0.3) is 0 Å². The fraction of sp³-hybridized carbons (Fsp3) is 0.467. The highest BCUT2D eigenvalue weighted by molar-refractivity contribution is 6.30. The van der Waals surface area contributed by atoms with Crippen LogP contribution in [-0.4, -0.2) is 37.0 Å². The molecule has 2 N–H and O–H groups in total. The Hall–Kier alpha value is -2.17. The number of aliphatic hydroxyl groups is 1. The molecule has 1 aliphatic rings. The third-order valence-corrected chi connectivity index (χ3v) is 4.26. The highest BCUT2D eigenvalue weighted by atomic mass is 35.5. The zero-order valence-corrected chi connectivity index (χ0v) is 13.4. The molecule has 1 unspecified atom stereocenters. The van der Waals surface area contributed by atoms with Crippen LogP contribution in [0.1, 0.15) is 24.2 Å². The maximum atomic E-state index is 10.3. The molecule has 1 saturated carbocycles. The number of hydrogen-bond acceptors (Lipinski definition) is 6. The Morgan fingerprint density at radius 1 is 1.48 bits per heavy atom. The van der Waals surface area contributed by atoms with Crippen molar-refractivity contribution in [3.05, 3.63) is 35.0 Å². The lowest BCUT2D eigenvalue weighted by molar-refractivity contribution is 0.166. The van der Waals surface area contributed by atoms with Gasteiger partial charge in [-0.3, -0.25) is 4.68 Å². The van der Waals surface area contributed by atoms with Gasteiger partial charge in [-0.25, -0.2) is 9.97 Å². The smallest absolute Gasteiger partial charge is 0.234 e. The van der Waals surface area contributed by atoms with E-state index in [1.54, 1.807) is 23.3 Å². The number of nitriles is 1. The van der Waals surface area contributed by atoms with Crippen molar-refractivity contribution in [2.75, 3.05) is 5.32 Å². The van der Waals surface area contributed by atoms with Crippen molar-refractivity contribution in [3.63, 3.8) is 0 Å². The molecule has 23 heavy (non-hydrogen) atoms. The Morgan fingerprint density at radius 3 is 3.00 bits per heavy atom. The standard InChI is InChI=1S/C15H17ClN6O/c1-9-5-18-14(4-17)21-15(9)20-12-2-10(3-13(12)23)7-22-8-11(16)6-19-22/h5-6,8,10,12-13,23H,2-3,7H2,1H3,(H,18,20,21)/t10?,12-,13-/m1/s1. The molecular formula is C15H17ClN6O. The van der Waals surface area contributed by atoms with Gasteiger partial charge in [0, 0.05) is 24.5 Å². The minimum atomic E-state index is -0.467. The number of halogens is 1. The molecule has 2 aromatic heterocycles. The largest absolute Gasteiger partial charge is 0.391 e. The predicted octanol–water partition coefficient (Wildman–Crippen LogP) is 1.76. The van der Waals surface area contributed by atoms with E-state index in [2.05, 4.69) is 20.4 Å². The Labute approximate surface area is 138 Å². The third-order valence-electron chi connectivity index (χ3n) is 4.07. The first-order chi connectivity index (χ1) is 11.0. The molecule has 0 aliphatic heterocycles. The van der Waals surface area contributed by atoms with Crippen molar-refractivity contribution in [2.24, 2.45) is 5.92 Å². The Morgan fingerprint density at radius 2 is 2.30 bits per heavy atom. The van der Waals surface area contributed by atoms with Gasteiger partial charge in [-0.2, -0.15) is 10.4 Å². The van der Waals surface area contributed by atoms with Crippen LogP contribution in [0.2, 0.25) is 5.02 Å². The van der Waals surface area contributed by atoms with E-state index in [-0.39, 0.29) is 11.9 Å². The summed E-state index contributed by atoms with van der Waals surface area (Å²) in [5, 5.41) is 27.2. The molecule has 2 heterocycles. The number of aromatic nitrogens is 4. The lowest BCUT2D eigenvalue weighted by Crippen LogP contribution is -2.29. The summed E-state index contributed by atoms with van der Waals surface area (Å²) >= 11 is 5.87. The van der Waals surface area contributed by atoms with Gasteiger partial charge in [0.15, 0.2) is 0 Å². The summed E-state index contributed by atoms with van der Waals surface area (Å²) in [7, 11) is 0. The molecular weight excluding hydrogens is 316 g/mol. The third kappa shape index (κ3) is 3.60. The van der Waals surface area contributed by atoms with E-state index in [0.717, 1.165) is 12.0 Å². The van der Waals surface area contributed by atoms with Gasteiger partial charge in [-0.05, 0) is 25.7 Å². The average Bonchev–Trinajstić information content (AvgIpc) is 3.08. The van der Waals surface area contributed by atoms with Crippen molar-refractivity contribution in [1.82, 2.24) is 19.7 Å². The van der Waals surface area contributed by atoms with Gasteiger partial charge in [-0.15, -0.1) is 0 Å². The maximum absolute atomic E-state index is 10.3. The number of nitrogens with zero attached hydrogens (tertiary/aromatic N) is 5. The quantitative estimate of drug-likeness (QED) is 0.885. The van der Waals surface area contributed by atoms with Gasteiger partial charge < -0.3 is 10.4 Å². The van der Waals surface area contributed by atoms with E-state index in [0.29, 0.717) is 29.7 Å². The highest BCUT2D eigenvalue weighted by Crippen LogP contribution is 2.30. The molecule has 0 aromatic carbocycles. The van der Waals surface area contributed by atoms with Crippen molar-refractivity contribution in [3.8, 4) is 6.07 Å². The maximum Gasteiger partial charge on any atom is 0.234 e. The first-order valence-electron chi connectivity index (χ1n) is 7.41. The molecule has 7 nitrogen and oxygen atoms in total. The van der Waals surface area contributed by atoms with E-state index in [1.165, 1.54) is 0 Å². The summed E-state index contributed by atoms with van der Waals surface area (Å²) in [6, 6.07) is 1.82. The van der Waals surface area contributed by atoms with Crippen LogP contribution >= 0.6 is 11.6 Å². The topological polar surface area (TPSA) is 99.7 Å². The minimum absolute atomic E-state index is 0.105. The average molecular weight is 333 g/mol. The molecule has 1 fully saturated rings. The van der Waals surface area contributed by atoms with Crippen LogP contribution in [0.25, 0.3) is 0 Å². The van der Waals surface area contributed by atoms with Gasteiger partial charge in [0.05, 0.1) is 23.4 Å². The van der Waals surface area contributed by atoms with Crippen molar-refractivity contribution in [1.29, 1.82) is 5.26 Å². The summed E-state index contributed by atoms with van der Waals surface area (Å²) in [5.74, 6) is 1.02. The monoisotopic (exact) mass is 332 g/mol. The zero-order chi connectivity index (χ0) is 16.4. The molecule has 8 heteroatoms. The Balaban J connectivity index is 1.66. The summed E-state index contributed by atoms with van der Waals surface area (Å²) < 4.78 is 1.80. The van der Waals surface area contributed by atoms with E-state index in [4.69, 9.17) is 16.9 Å². The fourth-order valence-electron chi connectivity index (χ4n) is 2.94. The number of aryl methyl sites for hydroxylation is 1. The van der Waals surface area contributed by atoms with Crippen molar-refractivity contribution < 1.29 is 5.11 Å². The lowest BCUT2D eigenvalue weighted by atomic mass is 10.1. The normalized spacial score (nSPS) is 23.7. The number of rotatable bonds is 4. The first-order valence-corrected chi connectivity index (χ1v) is 7.79. The molecule has 3 rings (SSSR count). The van der Waals surface area contributed by atoms with Crippen LogP contribution in [0.5, 0.6) is 0 Å². The van der Waals surface area contributed by atoms with Crippen LogP contribution in [0.3, 0.4) is 0 Å². The van der Waals surface area contributed by atoms with E-state index in [1.807, 2.05) is 13.0 Å². The van der Waals surface area contributed by atoms with Crippen LogP contribution < -0.4 is 5.32 Å². The van der Waals surface area contributed by atoms with Crippen molar-refractivity contribution in [2.45, 2.75) is 38.5 Å². The number of nitrogens with one attached hydrogen (secondary N) is 1. The van der Waals surface area contributed by atoms with Crippen LogP contribution in [0.15, 0.2) is 18.6 Å². The summed E-state index contributed by atoms with van der Waals surface area (Å²) in [5.41, 5.74) is 0.846. The molecule has 3 atom stereocenters. The fourth-order valence-corrected chi connectivity index (χ4v) is 3.10. The second-order valence-electron chi connectivity index (χ2n) is 5.87. The molecule has 120 valence electrons. The zero-order valence-electron chi connectivity index (χ0n) is 12.6. The van der Waals surface area contributed by atoms with Crippen molar-refractivity contribution >= 4 is 17.4 Å². The molecule has 0 bridgehead atoms. The second kappa shape index (κ2) is 6.52. The summed E-state index contributed by atoms with van der Waals surface area (Å²) in [4.78, 5) is 8.10. The molecule has 0 radical (unpaired) electrons. The summed E-state index contributed by atoms with van der Waals surface area (Å²) in [6.07, 6.45) is 6.01. The Bertz CT molecular complexity index is 740. The minimum Gasteiger partial charge on any atom is -0.391 e. The van der Waals surface area contributed by atoms with E-state index < -0.39 is 6.10 Å². The van der Waals surface area contributed by atoms with Gasteiger partial charge in [0.1, 0.15) is 11.9 Å². The molecule has 0 amide bonds. The van der Waals surface area contributed by atoms with Gasteiger partial charge in [0.2, 0.25) is 5.82 Å². The molecule has 2 aromatic rings. The molecule has 0 saturated heterocycles. The lowest BCUT2D eigenvalue weighted by Gasteiger charge is -2.18. The van der Waals surface area contributed by atoms with Gasteiger partial charge >= 0.3 is 0 Å². The van der Waals surface area contributed by atoms with Crippen LogP contribution in [0, 0.1) is 24.2 Å². The summed E-state index contributed by atoms with van der Waals surface area (Å²) in [6.45, 7) is 2.59. The van der Waals surface area contributed by atoms with Crippen LogP contribution in [-0.2, 0) is 6.54 Å². The second-order valence-corrected chi connectivity index (χ2v) is 6.31. The number of anilines is 1. The predicted molar refractivity (Wildman–Crippen MR) is 84.9 cm³/mol. The highest BCUT2D eigenvalue weighted by Gasteiger charge is 2.33. The first kappa shape index (κ1) is 15.7.